The topological polar surface area (TPSA) is 75.7 Å². The lowest BCUT2D eigenvalue weighted by Gasteiger charge is -2.35. The third kappa shape index (κ3) is 5.03. The van der Waals surface area contributed by atoms with Gasteiger partial charge in [-0.2, -0.15) is 0 Å². The van der Waals surface area contributed by atoms with Crippen LogP contribution >= 0.6 is 0 Å². The summed E-state index contributed by atoms with van der Waals surface area (Å²) in [4.78, 5) is 13.1. The van der Waals surface area contributed by atoms with Crippen molar-refractivity contribution in [2.45, 2.75) is 38.7 Å². The van der Waals surface area contributed by atoms with Crippen molar-refractivity contribution in [2.24, 2.45) is 0 Å². The van der Waals surface area contributed by atoms with Gasteiger partial charge in [-0.25, -0.2) is 8.42 Å². The second-order valence-electron chi connectivity index (χ2n) is 8.44. The quantitative estimate of drug-likeness (QED) is 0.591. The molecule has 0 bridgehead atoms. The van der Waals surface area contributed by atoms with Gasteiger partial charge in [-0.3, -0.25) is 9.10 Å². The van der Waals surface area contributed by atoms with Gasteiger partial charge in [-0.15, -0.1) is 0 Å². The van der Waals surface area contributed by atoms with Crippen molar-refractivity contribution in [3.63, 3.8) is 0 Å². The van der Waals surface area contributed by atoms with Crippen LogP contribution in [0.2, 0.25) is 0 Å². The summed E-state index contributed by atoms with van der Waals surface area (Å²) < 4.78 is 33.9. The number of ether oxygens (including phenoxy) is 1. The Morgan fingerprint density at radius 3 is 2.48 bits per heavy atom. The van der Waals surface area contributed by atoms with Gasteiger partial charge in [0, 0.05) is 0 Å². The molecule has 0 aliphatic carbocycles. The molecule has 2 atom stereocenters. The molecule has 0 saturated carbocycles. The third-order valence-electron chi connectivity index (χ3n) is 5.81. The van der Waals surface area contributed by atoms with Crippen LogP contribution in [0.25, 0.3) is 0 Å². The second-order valence-corrected chi connectivity index (χ2v) is 10.3. The highest BCUT2D eigenvalue weighted by molar-refractivity contribution is 7.92. The van der Waals surface area contributed by atoms with Crippen LogP contribution in [0.4, 0.5) is 5.69 Å². The van der Waals surface area contributed by atoms with E-state index in [2.05, 4.69) is 11.4 Å². The summed E-state index contributed by atoms with van der Waals surface area (Å²) in [6.07, 6.45) is -0.960. The van der Waals surface area contributed by atoms with E-state index >= 15 is 0 Å². The highest BCUT2D eigenvalue weighted by Crippen LogP contribution is 2.36. The van der Waals surface area contributed by atoms with E-state index in [-0.39, 0.29) is 24.2 Å². The maximum atomic E-state index is 13.3. The molecule has 33 heavy (non-hydrogen) atoms. The van der Waals surface area contributed by atoms with Gasteiger partial charge in [-0.05, 0) is 49.6 Å². The van der Waals surface area contributed by atoms with E-state index in [0.29, 0.717) is 17.0 Å². The number of hydrogen-bond donors (Lipinski definition) is 1. The molecule has 1 aliphatic rings. The zero-order chi connectivity index (χ0) is 23.6. The van der Waals surface area contributed by atoms with Gasteiger partial charge >= 0.3 is 0 Å². The zero-order valence-corrected chi connectivity index (χ0v) is 19.8. The lowest BCUT2D eigenvalue weighted by atomic mass is 10.00. The van der Waals surface area contributed by atoms with Crippen molar-refractivity contribution in [1.29, 1.82) is 0 Å². The molecule has 7 heteroatoms. The summed E-state index contributed by atoms with van der Waals surface area (Å²) in [5.74, 6) is -0.133. The molecule has 0 saturated heterocycles. The summed E-state index contributed by atoms with van der Waals surface area (Å²) in [6, 6.07) is 21.8. The standard InChI is InChI=1S/C26H28N2O4S/c1-18-13-14-22(19(2)15-18)20(3)27-26(29)25-16-28(23-11-7-8-12-24(23)32-25)33(30,31)17-21-9-5-4-6-10-21/h4-15,20,25H,16-17H2,1-3H3,(H,27,29)/t20-,25-/m1/s1. The van der Waals surface area contributed by atoms with Gasteiger partial charge < -0.3 is 10.1 Å². The first-order valence-electron chi connectivity index (χ1n) is 10.9. The zero-order valence-electron chi connectivity index (χ0n) is 19.0. The summed E-state index contributed by atoms with van der Waals surface area (Å²) in [5, 5.41) is 2.99. The molecule has 3 aromatic rings. The molecule has 172 valence electrons. The fourth-order valence-corrected chi connectivity index (χ4v) is 5.74. The number of anilines is 1. The van der Waals surface area contributed by atoms with E-state index in [1.165, 1.54) is 4.31 Å². The highest BCUT2D eigenvalue weighted by Gasteiger charge is 2.37. The van der Waals surface area contributed by atoms with Crippen LogP contribution < -0.4 is 14.4 Å². The van der Waals surface area contributed by atoms with Crippen molar-refractivity contribution < 1.29 is 17.9 Å². The van der Waals surface area contributed by atoms with Gasteiger partial charge in [0.15, 0.2) is 6.10 Å². The van der Waals surface area contributed by atoms with Gasteiger partial charge in [0.05, 0.1) is 24.0 Å². The van der Waals surface area contributed by atoms with E-state index in [4.69, 9.17) is 4.74 Å². The molecule has 0 radical (unpaired) electrons. The van der Waals surface area contributed by atoms with Crippen LogP contribution in [0, 0.1) is 13.8 Å². The number of carbonyl (C=O) groups excluding carboxylic acids is 1. The number of amides is 1. The smallest absolute Gasteiger partial charge is 0.263 e. The Bertz CT molecular complexity index is 1260. The van der Waals surface area contributed by atoms with Crippen molar-refractivity contribution in [3.8, 4) is 5.75 Å². The van der Waals surface area contributed by atoms with Crippen molar-refractivity contribution in [3.05, 3.63) is 95.1 Å². The molecule has 0 fully saturated rings. The Kier molecular flexibility index (Phi) is 6.42. The Morgan fingerprint density at radius 1 is 1.06 bits per heavy atom. The number of benzene rings is 3. The van der Waals surface area contributed by atoms with Crippen molar-refractivity contribution in [1.82, 2.24) is 5.32 Å². The molecule has 1 N–H and O–H groups in total. The average molecular weight is 465 g/mol. The maximum Gasteiger partial charge on any atom is 0.263 e. The predicted octanol–water partition coefficient (Wildman–Crippen LogP) is 4.28. The van der Waals surface area contributed by atoms with Crippen molar-refractivity contribution >= 4 is 21.6 Å². The Morgan fingerprint density at radius 2 is 1.76 bits per heavy atom. The lowest BCUT2D eigenvalue weighted by Crippen LogP contribution is -2.51. The minimum Gasteiger partial charge on any atom is -0.476 e. The van der Waals surface area contributed by atoms with Gasteiger partial charge in [-0.1, -0.05) is 66.2 Å². The molecular weight excluding hydrogens is 436 g/mol. The monoisotopic (exact) mass is 464 g/mol. The van der Waals surface area contributed by atoms with Crippen LogP contribution in [0.1, 0.15) is 35.2 Å². The second kappa shape index (κ2) is 9.27. The van der Waals surface area contributed by atoms with E-state index in [1.54, 1.807) is 36.4 Å². The van der Waals surface area contributed by atoms with E-state index in [1.807, 2.05) is 51.1 Å². The normalized spacial score (nSPS) is 16.5. The number of carbonyl (C=O) groups is 1. The molecular formula is C26H28N2O4S. The first-order valence-corrected chi connectivity index (χ1v) is 12.5. The molecule has 1 amide bonds. The summed E-state index contributed by atoms with van der Waals surface area (Å²) >= 11 is 0. The number of nitrogens with zero attached hydrogens (tertiary/aromatic N) is 1. The average Bonchev–Trinajstić information content (AvgIpc) is 2.78. The Hall–Kier alpha value is -3.32. The fourth-order valence-electron chi connectivity index (χ4n) is 4.16. The molecule has 3 aromatic carbocycles. The predicted molar refractivity (Wildman–Crippen MR) is 130 cm³/mol. The number of para-hydroxylation sites is 2. The van der Waals surface area contributed by atoms with E-state index in [0.717, 1.165) is 16.7 Å². The number of sulfonamides is 1. The third-order valence-corrected chi connectivity index (χ3v) is 7.52. The fraction of sp³-hybridized carbons (Fsp3) is 0.269. The molecule has 1 aliphatic heterocycles. The van der Waals surface area contributed by atoms with Crippen molar-refractivity contribution in [2.75, 3.05) is 10.8 Å². The van der Waals surface area contributed by atoms with Crippen LogP contribution in [-0.2, 0) is 20.6 Å². The number of fused-ring (bicyclic) bond motifs is 1. The van der Waals surface area contributed by atoms with Crippen LogP contribution in [0.15, 0.2) is 72.8 Å². The molecule has 4 rings (SSSR count). The highest BCUT2D eigenvalue weighted by atomic mass is 32.2. The Balaban J connectivity index is 1.57. The summed E-state index contributed by atoms with van der Waals surface area (Å²) in [5.41, 5.74) is 4.38. The molecule has 0 aromatic heterocycles. The van der Waals surface area contributed by atoms with Gasteiger partial charge in [0.2, 0.25) is 10.0 Å². The summed E-state index contributed by atoms with van der Waals surface area (Å²) in [6.45, 7) is 5.86. The maximum absolute atomic E-state index is 13.3. The first-order chi connectivity index (χ1) is 15.7. The lowest BCUT2D eigenvalue weighted by molar-refractivity contribution is -0.128. The number of rotatable bonds is 6. The minimum absolute atomic E-state index is 0.0857. The summed E-state index contributed by atoms with van der Waals surface area (Å²) in [7, 11) is -3.74. The van der Waals surface area contributed by atoms with Gasteiger partial charge in [0.25, 0.3) is 5.91 Å². The number of aryl methyl sites for hydroxylation is 2. The molecule has 0 spiro atoms. The SMILES string of the molecule is Cc1ccc([C@@H](C)NC(=O)[C@H]2CN(S(=O)(=O)Cc3ccccc3)c3ccccc3O2)c(C)c1. The first kappa shape index (κ1) is 22.9. The number of nitrogens with one attached hydrogen (secondary N) is 1. The van der Waals surface area contributed by atoms with E-state index < -0.39 is 16.1 Å². The molecule has 0 unspecified atom stereocenters. The van der Waals surface area contributed by atoms with Gasteiger partial charge in [0.1, 0.15) is 5.75 Å². The molecule has 6 nitrogen and oxygen atoms in total. The van der Waals surface area contributed by atoms with Crippen LogP contribution in [0.3, 0.4) is 0 Å². The van der Waals surface area contributed by atoms with Crippen LogP contribution in [-0.4, -0.2) is 27.0 Å². The molecule has 1 heterocycles. The largest absolute Gasteiger partial charge is 0.476 e. The number of hydrogen-bond acceptors (Lipinski definition) is 4. The Labute approximate surface area is 195 Å². The van der Waals surface area contributed by atoms with E-state index in [9.17, 15) is 13.2 Å². The van der Waals surface area contributed by atoms with Crippen LogP contribution in [0.5, 0.6) is 5.75 Å². The minimum atomic E-state index is -3.74.